The minimum atomic E-state index is -0.623. The van der Waals surface area contributed by atoms with Crippen molar-refractivity contribution in [2.75, 3.05) is 0 Å². The maximum atomic E-state index is 14.1. The van der Waals surface area contributed by atoms with Gasteiger partial charge in [-0.1, -0.05) is 140 Å². The van der Waals surface area contributed by atoms with Crippen LogP contribution >= 0.6 is 0 Å². The molecule has 3 N–H and O–H groups in total. The Kier molecular flexibility index (Phi) is 21.9. The van der Waals surface area contributed by atoms with Gasteiger partial charge in [0.2, 0.25) is 0 Å². The van der Waals surface area contributed by atoms with Gasteiger partial charge in [-0.05, 0) is 165 Å². The van der Waals surface area contributed by atoms with Gasteiger partial charge in [0.1, 0.15) is 34.2 Å². The number of hydrogen-bond donors (Lipinski definition) is 3. The zero-order valence-corrected chi connectivity index (χ0v) is 64.9. The number of aryl methyl sites for hydroxylation is 3. The van der Waals surface area contributed by atoms with Crippen molar-refractivity contribution in [3.63, 3.8) is 0 Å². The summed E-state index contributed by atoms with van der Waals surface area (Å²) in [6.07, 6.45) is 10.1. The molecule has 9 aromatic heterocycles. The van der Waals surface area contributed by atoms with E-state index in [9.17, 15) is 28.8 Å². The Morgan fingerprint density at radius 1 is 0.374 bits per heavy atom. The van der Waals surface area contributed by atoms with E-state index >= 15 is 0 Å². The SMILES string of the molecule is Cc1nn2cccnc2c1C(=O)N[C@@H](C)c1nc2cccc(C#CC(C)(C)C)c2c(=O)n1-c1ccccc1.Cc1nn2cccnc2c1C(=O)N[C@@H](C)c1nc2cccc(C#CC(C)C)c2c(=O)n1-c1ccccc1.Cc1nn2cccnc2c1C(=O)N[C@@H](C)c1nc2cccc(C#Cc3ccccc3)c2c(=O)n1-c1ccccc1. The lowest BCUT2D eigenvalue weighted by molar-refractivity contribution is 0.0930. The van der Waals surface area contributed by atoms with E-state index in [1.165, 1.54) is 0 Å². The van der Waals surface area contributed by atoms with Gasteiger partial charge in [0.15, 0.2) is 16.9 Å². The van der Waals surface area contributed by atoms with Gasteiger partial charge in [-0.3, -0.25) is 42.5 Å². The van der Waals surface area contributed by atoms with Crippen molar-refractivity contribution in [2.45, 2.75) is 94.3 Å². The molecule has 568 valence electrons. The van der Waals surface area contributed by atoms with Gasteiger partial charge in [-0.2, -0.15) is 15.3 Å². The first-order valence-corrected chi connectivity index (χ1v) is 37.3. The van der Waals surface area contributed by atoms with E-state index in [-0.39, 0.29) is 45.7 Å². The second kappa shape index (κ2) is 32.8. The first-order valence-electron chi connectivity index (χ1n) is 37.3. The molecular formula is C91H78N18O6. The number of carbonyl (C=O) groups is 3. The van der Waals surface area contributed by atoms with Crippen molar-refractivity contribution in [3.8, 4) is 52.6 Å². The number of para-hydroxylation sites is 3. The molecule has 0 spiro atoms. The van der Waals surface area contributed by atoms with Crippen LogP contribution in [0.2, 0.25) is 0 Å². The van der Waals surface area contributed by atoms with Crippen LogP contribution in [0.25, 0.3) is 66.7 Å². The zero-order valence-electron chi connectivity index (χ0n) is 64.9. The van der Waals surface area contributed by atoms with E-state index in [1.54, 1.807) is 129 Å². The lowest BCUT2D eigenvalue weighted by Gasteiger charge is -2.20. The molecule has 0 unspecified atom stereocenters. The number of hydrogen-bond acceptors (Lipinski definition) is 15. The van der Waals surface area contributed by atoms with Crippen molar-refractivity contribution >= 4 is 67.4 Å². The topological polar surface area (TPSA) is 283 Å². The van der Waals surface area contributed by atoms with Crippen LogP contribution in [0.3, 0.4) is 0 Å². The maximum Gasteiger partial charge on any atom is 0.267 e. The summed E-state index contributed by atoms with van der Waals surface area (Å²) in [6, 6.07) is 57.3. The number of rotatable bonds is 12. The van der Waals surface area contributed by atoms with Crippen molar-refractivity contribution < 1.29 is 14.4 Å². The molecule has 3 atom stereocenters. The van der Waals surface area contributed by atoms with Crippen LogP contribution in [-0.4, -0.2) is 90.2 Å². The number of nitrogens with zero attached hydrogens (tertiary/aromatic N) is 15. The van der Waals surface area contributed by atoms with E-state index in [0.717, 1.165) is 5.56 Å². The Morgan fingerprint density at radius 3 is 1.01 bits per heavy atom. The molecule has 0 saturated heterocycles. The molecule has 9 heterocycles. The van der Waals surface area contributed by atoms with Crippen LogP contribution in [0.5, 0.6) is 0 Å². The molecule has 0 aliphatic rings. The summed E-state index contributed by atoms with van der Waals surface area (Å²) in [4.78, 5) is 110. The summed E-state index contributed by atoms with van der Waals surface area (Å²) < 4.78 is 9.36. The van der Waals surface area contributed by atoms with E-state index in [0.29, 0.717) is 135 Å². The van der Waals surface area contributed by atoms with Gasteiger partial charge in [-0.15, -0.1) is 0 Å². The highest BCUT2D eigenvalue weighted by Crippen LogP contribution is 2.27. The lowest BCUT2D eigenvalue weighted by Crippen LogP contribution is -2.33. The molecular weight excluding hydrogens is 1440 g/mol. The van der Waals surface area contributed by atoms with E-state index in [1.807, 2.05) is 206 Å². The molecule has 0 saturated carbocycles. The highest BCUT2D eigenvalue weighted by molar-refractivity contribution is 6.03. The molecule has 0 aliphatic heterocycles. The Bertz CT molecular complexity index is 6860. The Labute approximate surface area is 660 Å². The van der Waals surface area contributed by atoms with Gasteiger partial charge >= 0.3 is 0 Å². The molecule has 0 fully saturated rings. The summed E-state index contributed by atoms with van der Waals surface area (Å²) in [7, 11) is 0. The first kappa shape index (κ1) is 76.7. The van der Waals surface area contributed by atoms with Crippen molar-refractivity contribution in [2.24, 2.45) is 11.3 Å². The maximum absolute atomic E-state index is 14.1. The third kappa shape index (κ3) is 16.1. The molecule has 0 aliphatic carbocycles. The number of fused-ring (bicyclic) bond motifs is 6. The average Bonchev–Trinajstić information content (AvgIpc) is 0.825. The van der Waals surface area contributed by atoms with Gasteiger partial charge in [0.05, 0.1) is 85.0 Å². The minimum Gasteiger partial charge on any atom is -0.342 e. The summed E-state index contributed by atoms with van der Waals surface area (Å²) >= 11 is 0. The first-order chi connectivity index (χ1) is 55.5. The Morgan fingerprint density at radius 2 is 0.687 bits per heavy atom. The molecule has 3 amide bonds. The fraction of sp³-hybridized carbons (Fsp3) is 0.176. The highest BCUT2D eigenvalue weighted by atomic mass is 16.2. The van der Waals surface area contributed by atoms with Crippen LogP contribution in [-0.2, 0) is 0 Å². The summed E-state index contributed by atoms with van der Waals surface area (Å²) in [5, 5.41) is 23.5. The third-order valence-corrected chi connectivity index (χ3v) is 18.6. The fourth-order valence-corrected chi connectivity index (χ4v) is 13.3. The number of carbonyl (C=O) groups excluding carboxylic acids is 3. The number of aromatic nitrogens is 15. The largest absolute Gasteiger partial charge is 0.342 e. The summed E-state index contributed by atoms with van der Waals surface area (Å²) in [6.45, 7) is 20.8. The Hall–Kier alpha value is -15.1. The van der Waals surface area contributed by atoms with Gasteiger partial charge in [0, 0.05) is 70.8 Å². The monoisotopic (exact) mass is 1520 g/mol. The molecule has 24 nitrogen and oxygen atoms in total. The van der Waals surface area contributed by atoms with E-state index in [4.69, 9.17) is 15.0 Å². The van der Waals surface area contributed by atoms with Crippen LogP contribution in [0, 0.1) is 67.6 Å². The number of nitrogens with one attached hydrogen (secondary N) is 3. The van der Waals surface area contributed by atoms with Crippen LogP contribution in [0.4, 0.5) is 0 Å². The Balaban J connectivity index is 0.000000143. The number of amides is 3. The highest BCUT2D eigenvalue weighted by Gasteiger charge is 2.29. The van der Waals surface area contributed by atoms with Crippen LogP contribution < -0.4 is 32.6 Å². The second-order valence-electron chi connectivity index (χ2n) is 28.6. The number of benzene rings is 7. The van der Waals surface area contributed by atoms with E-state index in [2.05, 4.69) is 81.7 Å². The lowest BCUT2D eigenvalue weighted by atomic mass is 9.97. The molecule has 0 bridgehead atoms. The molecule has 16 rings (SSSR count). The third-order valence-electron chi connectivity index (χ3n) is 18.6. The fourth-order valence-electron chi connectivity index (χ4n) is 13.3. The predicted octanol–water partition coefficient (Wildman–Crippen LogP) is 13.5. The summed E-state index contributed by atoms with van der Waals surface area (Å²) in [5.74, 6) is 19.3. The van der Waals surface area contributed by atoms with Crippen molar-refractivity contribution in [3.05, 3.63) is 336 Å². The predicted molar refractivity (Wildman–Crippen MR) is 443 cm³/mol. The van der Waals surface area contributed by atoms with Crippen molar-refractivity contribution in [1.29, 1.82) is 0 Å². The summed E-state index contributed by atoms with van der Waals surface area (Å²) in [5.41, 5.74) is 9.38. The van der Waals surface area contributed by atoms with E-state index < -0.39 is 18.1 Å². The molecule has 16 aromatic rings. The molecule has 115 heavy (non-hydrogen) atoms. The van der Waals surface area contributed by atoms with Gasteiger partial charge < -0.3 is 16.0 Å². The zero-order chi connectivity index (χ0) is 80.8. The molecule has 24 heteroatoms. The molecule has 7 aromatic carbocycles. The second-order valence-corrected chi connectivity index (χ2v) is 28.6. The minimum absolute atomic E-state index is 0.159. The molecule has 0 radical (unpaired) electrons. The standard InChI is InChI=1S/C32H24N6O2.C30H28N6O2.C29H26N6O2/c1-21-27(30-33-19-10-20-37(30)36-21)31(39)34-22(2)29-35-26-16-9-13-24(18-17-23-11-5-3-6-12-23)28(26)32(40)38(29)25-14-7-4-8-15-25;1-19-24(27-31-17-10-18-35(27)34-19)28(37)32-20(2)26-33-23-14-9-11-21(15-16-30(3,4)5)25(23)29(38)36(26)22-12-7-6-8-13-22;1-18(2)14-15-21-10-8-13-23-25(21)29(37)35(22-11-6-5-7-12-22)26(32-23)20(4)31-28(36)24-19(3)33-34-17-9-16-30-27(24)34/h3-16,19-20,22H,1-2H3,(H,34,39);6-14,17-18,20H,1-5H3,(H,32,37);5-13,16-18,20H,1-4H3,(H,31,36)/t22-;2*20-/m000/s1. The average molecular weight is 1520 g/mol. The van der Waals surface area contributed by atoms with Crippen LogP contribution in [0.1, 0.15) is 161 Å². The van der Waals surface area contributed by atoms with Crippen LogP contribution in [0.15, 0.2) is 246 Å². The van der Waals surface area contributed by atoms with Gasteiger partial charge in [-0.25, -0.2) is 43.5 Å². The quantitative estimate of drug-likeness (QED) is 0.0959. The normalized spacial score (nSPS) is 11.9. The van der Waals surface area contributed by atoms with Crippen molar-refractivity contribution in [1.82, 2.24) is 88.4 Å². The smallest absolute Gasteiger partial charge is 0.267 e. The van der Waals surface area contributed by atoms with Gasteiger partial charge in [0.25, 0.3) is 34.4 Å².